The minimum Gasteiger partial charge on any atom is -0.330 e. The zero-order chi connectivity index (χ0) is 9.68. The maximum Gasteiger partial charge on any atom is 0.132 e. The van der Waals surface area contributed by atoms with E-state index in [2.05, 4.69) is 9.97 Å². The molecule has 0 spiro atoms. The molecule has 0 saturated carbocycles. The van der Waals surface area contributed by atoms with Crippen molar-refractivity contribution in [3.8, 4) is 0 Å². The Kier molecular flexibility index (Phi) is 4.08. The first-order valence-electron chi connectivity index (χ1n) is 4.14. The molecule has 72 valence electrons. The van der Waals surface area contributed by atoms with Crippen LogP contribution in [0.5, 0.6) is 0 Å². The molecule has 1 heterocycles. The van der Waals surface area contributed by atoms with Crippen LogP contribution in [-0.2, 0) is 6.42 Å². The summed E-state index contributed by atoms with van der Waals surface area (Å²) in [5.41, 5.74) is 12.0. The van der Waals surface area contributed by atoms with E-state index in [4.69, 9.17) is 23.1 Å². The van der Waals surface area contributed by atoms with Gasteiger partial charge in [0, 0.05) is 18.2 Å². The van der Waals surface area contributed by atoms with Gasteiger partial charge in [0.05, 0.1) is 0 Å². The van der Waals surface area contributed by atoms with Gasteiger partial charge in [0.25, 0.3) is 0 Å². The van der Waals surface area contributed by atoms with Crippen molar-refractivity contribution in [1.29, 1.82) is 0 Å². The molecule has 0 aromatic carbocycles. The summed E-state index contributed by atoms with van der Waals surface area (Å²) >= 11 is 5.69. The highest BCUT2D eigenvalue weighted by Gasteiger charge is 2.04. The Hall–Kier alpha value is -0.710. The smallest absolute Gasteiger partial charge is 0.132 e. The molecule has 1 aromatic heterocycles. The molecule has 0 aliphatic carbocycles. The first kappa shape index (κ1) is 10.4. The third-order valence-electron chi connectivity index (χ3n) is 1.70. The third-order valence-corrected chi connectivity index (χ3v) is 1.91. The Labute approximate surface area is 82.3 Å². The van der Waals surface area contributed by atoms with Gasteiger partial charge >= 0.3 is 0 Å². The highest BCUT2D eigenvalue weighted by atomic mass is 35.5. The summed E-state index contributed by atoms with van der Waals surface area (Å²) in [5, 5.41) is 0.449. The lowest BCUT2D eigenvalue weighted by atomic mass is 10.1. The van der Waals surface area contributed by atoms with Crippen LogP contribution >= 0.6 is 11.6 Å². The van der Waals surface area contributed by atoms with E-state index in [0.29, 0.717) is 18.1 Å². The number of aromatic nitrogens is 2. The summed E-state index contributed by atoms with van der Waals surface area (Å²) in [5.74, 6) is 0. The molecule has 1 aromatic rings. The second-order valence-corrected chi connectivity index (χ2v) is 3.26. The van der Waals surface area contributed by atoms with Gasteiger partial charge in [-0.05, 0) is 19.0 Å². The van der Waals surface area contributed by atoms with Gasteiger partial charge in [0.15, 0.2) is 0 Å². The molecular formula is C8H13ClN4. The van der Waals surface area contributed by atoms with Crippen LogP contribution in [0, 0.1) is 0 Å². The van der Waals surface area contributed by atoms with Crippen LogP contribution in [-0.4, -0.2) is 22.6 Å². The van der Waals surface area contributed by atoms with Crippen LogP contribution < -0.4 is 11.5 Å². The third kappa shape index (κ3) is 3.67. The van der Waals surface area contributed by atoms with Crippen LogP contribution in [0.1, 0.15) is 12.1 Å². The molecule has 5 heteroatoms. The van der Waals surface area contributed by atoms with Crippen LogP contribution in [0.25, 0.3) is 0 Å². The van der Waals surface area contributed by atoms with Crippen molar-refractivity contribution in [1.82, 2.24) is 9.97 Å². The van der Waals surface area contributed by atoms with E-state index < -0.39 is 0 Å². The average Bonchev–Trinajstić information content (AvgIpc) is 2.04. The molecule has 4 N–H and O–H groups in total. The Bertz CT molecular complexity index is 266. The van der Waals surface area contributed by atoms with E-state index >= 15 is 0 Å². The van der Waals surface area contributed by atoms with E-state index in [1.807, 2.05) is 0 Å². The zero-order valence-electron chi connectivity index (χ0n) is 7.28. The monoisotopic (exact) mass is 200 g/mol. The van der Waals surface area contributed by atoms with Crippen molar-refractivity contribution in [3.63, 3.8) is 0 Å². The molecule has 0 fully saturated rings. The number of halogens is 1. The fourth-order valence-electron chi connectivity index (χ4n) is 1.07. The van der Waals surface area contributed by atoms with E-state index in [-0.39, 0.29) is 6.04 Å². The topological polar surface area (TPSA) is 77.8 Å². The van der Waals surface area contributed by atoms with Crippen molar-refractivity contribution in [2.45, 2.75) is 18.9 Å². The number of nitrogens with two attached hydrogens (primary N) is 2. The van der Waals surface area contributed by atoms with Gasteiger partial charge in [0.2, 0.25) is 0 Å². The predicted octanol–water partition coefficient (Wildman–Crippen LogP) is 0.349. The van der Waals surface area contributed by atoms with Gasteiger partial charge in [-0.15, -0.1) is 0 Å². The second kappa shape index (κ2) is 5.11. The van der Waals surface area contributed by atoms with Crippen molar-refractivity contribution in [3.05, 3.63) is 23.2 Å². The number of nitrogens with zero attached hydrogens (tertiary/aromatic N) is 2. The Morgan fingerprint density at radius 3 is 2.85 bits per heavy atom. The lowest BCUT2D eigenvalue weighted by molar-refractivity contribution is 0.610. The molecular weight excluding hydrogens is 188 g/mol. The zero-order valence-corrected chi connectivity index (χ0v) is 8.04. The molecule has 0 aliphatic heterocycles. The lowest BCUT2D eigenvalue weighted by Crippen LogP contribution is -2.26. The van der Waals surface area contributed by atoms with Crippen molar-refractivity contribution in [2.24, 2.45) is 11.5 Å². The minimum absolute atomic E-state index is 0.0518. The summed E-state index contributed by atoms with van der Waals surface area (Å²) in [6.45, 7) is 0.597. The summed E-state index contributed by atoms with van der Waals surface area (Å²) in [7, 11) is 0. The first-order valence-corrected chi connectivity index (χ1v) is 4.52. The molecule has 0 radical (unpaired) electrons. The van der Waals surface area contributed by atoms with Gasteiger partial charge in [-0.25, -0.2) is 9.97 Å². The Balaban J connectivity index is 2.53. The quantitative estimate of drug-likeness (QED) is 0.688. The maximum absolute atomic E-state index is 5.78. The number of hydrogen-bond acceptors (Lipinski definition) is 4. The lowest BCUT2D eigenvalue weighted by Gasteiger charge is -2.08. The molecule has 0 amide bonds. The van der Waals surface area contributed by atoms with E-state index in [0.717, 1.165) is 12.1 Å². The molecule has 0 bridgehead atoms. The van der Waals surface area contributed by atoms with Gasteiger partial charge < -0.3 is 11.5 Å². The van der Waals surface area contributed by atoms with Crippen molar-refractivity contribution in [2.75, 3.05) is 6.54 Å². The standard InChI is InChI=1S/C8H13ClN4/c9-8-4-7(12-5-13-8)3-6(11)1-2-10/h4-6H,1-3,10-11H2. The molecule has 1 atom stereocenters. The highest BCUT2D eigenvalue weighted by Crippen LogP contribution is 2.06. The van der Waals surface area contributed by atoms with Crippen LogP contribution in [0.4, 0.5) is 0 Å². The average molecular weight is 201 g/mol. The van der Waals surface area contributed by atoms with E-state index in [1.54, 1.807) is 6.07 Å². The van der Waals surface area contributed by atoms with Gasteiger partial charge in [-0.1, -0.05) is 11.6 Å². The second-order valence-electron chi connectivity index (χ2n) is 2.87. The van der Waals surface area contributed by atoms with E-state index in [9.17, 15) is 0 Å². The number of hydrogen-bond donors (Lipinski definition) is 2. The molecule has 0 saturated heterocycles. The summed E-state index contributed by atoms with van der Waals surface area (Å²) in [6, 6.07) is 1.77. The normalized spacial score (nSPS) is 12.8. The Morgan fingerprint density at radius 1 is 1.46 bits per heavy atom. The first-order chi connectivity index (χ1) is 6.22. The summed E-state index contributed by atoms with van der Waals surface area (Å²) in [6.07, 6.45) is 2.92. The van der Waals surface area contributed by atoms with Crippen LogP contribution in [0.3, 0.4) is 0 Å². The fourth-order valence-corrected chi connectivity index (χ4v) is 1.24. The number of rotatable bonds is 4. The minimum atomic E-state index is 0.0518. The van der Waals surface area contributed by atoms with Gasteiger partial charge in [-0.3, -0.25) is 0 Å². The van der Waals surface area contributed by atoms with Crippen LogP contribution in [0.15, 0.2) is 12.4 Å². The SMILES string of the molecule is NCCC(N)Cc1cc(Cl)ncn1. The summed E-state index contributed by atoms with van der Waals surface area (Å²) < 4.78 is 0. The summed E-state index contributed by atoms with van der Waals surface area (Å²) in [4.78, 5) is 7.83. The Morgan fingerprint density at radius 2 is 2.23 bits per heavy atom. The van der Waals surface area contributed by atoms with Crippen molar-refractivity contribution >= 4 is 11.6 Å². The molecule has 1 rings (SSSR count). The van der Waals surface area contributed by atoms with Gasteiger partial charge in [-0.2, -0.15) is 0 Å². The molecule has 4 nitrogen and oxygen atoms in total. The largest absolute Gasteiger partial charge is 0.330 e. The maximum atomic E-state index is 5.78. The van der Waals surface area contributed by atoms with Crippen LogP contribution in [0.2, 0.25) is 5.15 Å². The van der Waals surface area contributed by atoms with E-state index in [1.165, 1.54) is 6.33 Å². The molecule has 1 unspecified atom stereocenters. The van der Waals surface area contributed by atoms with Crippen molar-refractivity contribution < 1.29 is 0 Å². The predicted molar refractivity (Wildman–Crippen MR) is 52.4 cm³/mol. The van der Waals surface area contributed by atoms with Gasteiger partial charge in [0.1, 0.15) is 11.5 Å². The molecule has 13 heavy (non-hydrogen) atoms. The fraction of sp³-hybridized carbons (Fsp3) is 0.500. The molecule has 0 aliphatic rings. The highest BCUT2D eigenvalue weighted by molar-refractivity contribution is 6.29.